The highest BCUT2D eigenvalue weighted by atomic mass is 16.4. The first kappa shape index (κ1) is 11.2. The molecule has 0 aliphatic heterocycles. The van der Waals surface area contributed by atoms with Crippen molar-refractivity contribution in [2.45, 2.75) is 6.54 Å². The van der Waals surface area contributed by atoms with Crippen molar-refractivity contribution in [1.29, 1.82) is 0 Å². The highest BCUT2D eigenvalue weighted by molar-refractivity contribution is 5.88. The summed E-state index contributed by atoms with van der Waals surface area (Å²) in [6.07, 6.45) is 4.74. The molecule has 0 aromatic carbocycles. The minimum absolute atomic E-state index is 0.231. The minimum atomic E-state index is -0.953. The Morgan fingerprint density at radius 3 is 3.00 bits per heavy atom. The third kappa shape index (κ3) is 2.63. The summed E-state index contributed by atoms with van der Waals surface area (Å²) in [6, 6.07) is 4.87. The molecule has 0 saturated heterocycles. The fourth-order valence-electron chi connectivity index (χ4n) is 1.50. The first-order valence-corrected chi connectivity index (χ1v) is 5.08. The number of carboxylic acids is 1. The van der Waals surface area contributed by atoms with Gasteiger partial charge < -0.3 is 14.4 Å². The molecule has 0 unspecified atom stereocenters. The standard InChI is InChI=1S/C12H12N2O3/c1-14(7-9-3-5-17-8-9)11-6-10(12(15)16)2-4-13-11/h2-6,8H,7H2,1H3,(H,15,16). The van der Waals surface area contributed by atoms with Crippen LogP contribution in [0.2, 0.25) is 0 Å². The smallest absolute Gasteiger partial charge is 0.335 e. The Kier molecular flexibility index (Phi) is 3.09. The Hall–Kier alpha value is -2.30. The second-order valence-corrected chi connectivity index (χ2v) is 3.70. The van der Waals surface area contributed by atoms with E-state index in [2.05, 4.69) is 4.98 Å². The summed E-state index contributed by atoms with van der Waals surface area (Å²) in [5, 5.41) is 8.89. The second kappa shape index (κ2) is 4.69. The molecule has 0 aliphatic carbocycles. The van der Waals surface area contributed by atoms with E-state index in [9.17, 15) is 4.79 Å². The number of pyridine rings is 1. The van der Waals surface area contributed by atoms with Crippen molar-refractivity contribution in [3.63, 3.8) is 0 Å². The van der Waals surface area contributed by atoms with Crippen LogP contribution in [0.5, 0.6) is 0 Å². The summed E-state index contributed by atoms with van der Waals surface area (Å²) in [7, 11) is 1.85. The number of rotatable bonds is 4. The Morgan fingerprint density at radius 2 is 2.35 bits per heavy atom. The maximum atomic E-state index is 10.8. The molecule has 0 aliphatic rings. The molecule has 0 radical (unpaired) electrons. The van der Waals surface area contributed by atoms with Crippen molar-refractivity contribution >= 4 is 11.8 Å². The molecule has 0 fully saturated rings. The van der Waals surface area contributed by atoms with Crippen LogP contribution in [0.3, 0.4) is 0 Å². The molecule has 0 spiro atoms. The molecule has 0 amide bonds. The van der Waals surface area contributed by atoms with E-state index in [1.165, 1.54) is 12.3 Å². The van der Waals surface area contributed by atoms with Gasteiger partial charge in [-0.25, -0.2) is 9.78 Å². The van der Waals surface area contributed by atoms with Crippen molar-refractivity contribution < 1.29 is 14.3 Å². The SMILES string of the molecule is CN(Cc1ccoc1)c1cc(C(=O)O)ccn1. The zero-order valence-corrected chi connectivity index (χ0v) is 9.33. The van der Waals surface area contributed by atoms with E-state index in [0.29, 0.717) is 12.4 Å². The molecule has 2 aromatic rings. The zero-order chi connectivity index (χ0) is 12.3. The Bertz CT molecular complexity index is 508. The van der Waals surface area contributed by atoms with Crippen LogP contribution in [0.25, 0.3) is 0 Å². The lowest BCUT2D eigenvalue weighted by Crippen LogP contribution is -2.17. The van der Waals surface area contributed by atoms with E-state index in [0.717, 1.165) is 5.56 Å². The van der Waals surface area contributed by atoms with E-state index < -0.39 is 5.97 Å². The van der Waals surface area contributed by atoms with Crippen LogP contribution >= 0.6 is 0 Å². The predicted octanol–water partition coefficient (Wildman–Crippen LogP) is 2.01. The van der Waals surface area contributed by atoms with Crippen molar-refractivity contribution in [2.75, 3.05) is 11.9 Å². The number of hydrogen-bond acceptors (Lipinski definition) is 4. The molecule has 2 heterocycles. The molecule has 2 rings (SSSR count). The van der Waals surface area contributed by atoms with Gasteiger partial charge in [-0.15, -0.1) is 0 Å². The lowest BCUT2D eigenvalue weighted by Gasteiger charge is -2.17. The number of furan rings is 1. The van der Waals surface area contributed by atoms with Crippen LogP contribution < -0.4 is 4.90 Å². The molecule has 5 heteroatoms. The first-order chi connectivity index (χ1) is 8.16. The summed E-state index contributed by atoms with van der Waals surface area (Å²) >= 11 is 0. The van der Waals surface area contributed by atoms with Crippen LogP contribution in [0.1, 0.15) is 15.9 Å². The molecular formula is C12H12N2O3. The molecule has 1 N–H and O–H groups in total. The third-order valence-electron chi connectivity index (χ3n) is 2.38. The van der Waals surface area contributed by atoms with E-state index >= 15 is 0 Å². The predicted molar refractivity (Wildman–Crippen MR) is 62.0 cm³/mol. The molecule has 88 valence electrons. The fourth-order valence-corrected chi connectivity index (χ4v) is 1.50. The molecule has 5 nitrogen and oxygen atoms in total. The van der Waals surface area contributed by atoms with Gasteiger partial charge in [0.05, 0.1) is 18.1 Å². The van der Waals surface area contributed by atoms with Gasteiger partial charge in [0.2, 0.25) is 0 Å². The van der Waals surface area contributed by atoms with Gasteiger partial charge in [0.15, 0.2) is 0 Å². The zero-order valence-electron chi connectivity index (χ0n) is 9.33. The molecule has 0 atom stereocenters. The van der Waals surface area contributed by atoms with Gasteiger partial charge >= 0.3 is 5.97 Å². The minimum Gasteiger partial charge on any atom is -0.478 e. The highest BCUT2D eigenvalue weighted by Crippen LogP contribution is 2.14. The van der Waals surface area contributed by atoms with Crippen molar-refractivity contribution in [1.82, 2.24) is 4.98 Å². The fraction of sp³-hybridized carbons (Fsp3) is 0.167. The van der Waals surface area contributed by atoms with E-state index in [1.807, 2.05) is 18.0 Å². The number of aromatic nitrogens is 1. The van der Waals surface area contributed by atoms with Gasteiger partial charge in [0.1, 0.15) is 5.82 Å². The van der Waals surface area contributed by atoms with Gasteiger partial charge in [-0.2, -0.15) is 0 Å². The average Bonchev–Trinajstić information content (AvgIpc) is 2.82. The number of carbonyl (C=O) groups is 1. The van der Waals surface area contributed by atoms with Crippen LogP contribution in [0.15, 0.2) is 41.3 Å². The number of aromatic carboxylic acids is 1. The number of anilines is 1. The number of carboxylic acid groups (broad SMARTS) is 1. The van der Waals surface area contributed by atoms with Gasteiger partial charge in [0.25, 0.3) is 0 Å². The van der Waals surface area contributed by atoms with E-state index in [4.69, 9.17) is 9.52 Å². The summed E-state index contributed by atoms with van der Waals surface area (Å²) in [5.74, 6) is -0.337. The second-order valence-electron chi connectivity index (χ2n) is 3.70. The summed E-state index contributed by atoms with van der Waals surface area (Å²) in [5.41, 5.74) is 1.24. The Morgan fingerprint density at radius 1 is 1.53 bits per heavy atom. The average molecular weight is 232 g/mol. The van der Waals surface area contributed by atoms with Gasteiger partial charge in [-0.3, -0.25) is 0 Å². The first-order valence-electron chi connectivity index (χ1n) is 5.08. The molecule has 0 bridgehead atoms. The molecule has 17 heavy (non-hydrogen) atoms. The third-order valence-corrected chi connectivity index (χ3v) is 2.38. The van der Waals surface area contributed by atoms with Crippen molar-refractivity contribution in [3.8, 4) is 0 Å². The lowest BCUT2D eigenvalue weighted by atomic mass is 10.2. The van der Waals surface area contributed by atoms with Crippen LogP contribution in [-0.4, -0.2) is 23.1 Å². The largest absolute Gasteiger partial charge is 0.478 e. The van der Waals surface area contributed by atoms with Crippen LogP contribution in [0, 0.1) is 0 Å². The lowest BCUT2D eigenvalue weighted by molar-refractivity contribution is 0.0697. The Balaban J connectivity index is 2.16. The van der Waals surface area contributed by atoms with Gasteiger partial charge in [0, 0.05) is 25.4 Å². The molecule has 2 aromatic heterocycles. The van der Waals surface area contributed by atoms with Crippen molar-refractivity contribution in [2.24, 2.45) is 0 Å². The summed E-state index contributed by atoms with van der Waals surface area (Å²) in [4.78, 5) is 16.8. The number of nitrogens with zero attached hydrogens (tertiary/aromatic N) is 2. The monoisotopic (exact) mass is 232 g/mol. The quantitative estimate of drug-likeness (QED) is 0.873. The van der Waals surface area contributed by atoms with E-state index in [-0.39, 0.29) is 5.56 Å². The van der Waals surface area contributed by atoms with Crippen molar-refractivity contribution in [3.05, 3.63) is 48.0 Å². The van der Waals surface area contributed by atoms with Gasteiger partial charge in [-0.05, 0) is 18.2 Å². The normalized spacial score (nSPS) is 10.2. The number of hydrogen-bond donors (Lipinski definition) is 1. The maximum Gasteiger partial charge on any atom is 0.335 e. The molecule has 0 saturated carbocycles. The van der Waals surface area contributed by atoms with E-state index in [1.54, 1.807) is 18.6 Å². The Labute approximate surface area is 98.3 Å². The van der Waals surface area contributed by atoms with Crippen LogP contribution in [0.4, 0.5) is 5.82 Å². The highest BCUT2D eigenvalue weighted by Gasteiger charge is 2.08. The van der Waals surface area contributed by atoms with Gasteiger partial charge in [-0.1, -0.05) is 0 Å². The topological polar surface area (TPSA) is 66.6 Å². The van der Waals surface area contributed by atoms with Crippen LogP contribution in [-0.2, 0) is 6.54 Å². The summed E-state index contributed by atoms with van der Waals surface area (Å²) in [6.45, 7) is 0.618. The maximum absolute atomic E-state index is 10.8. The summed E-state index contributed by atoms with van der Waals surface area (Å²) < 4.78 is 4.97. The molecular weight excluding hydrogens is 220 g/mol.